The number of anilines is 1. The molecule has 0 radical (unpaired) electrons. The van der Waals surface area contributed by atoms with Crippen LogP contribution in [0.1, 0.15) is 44.6 Å². The number of hydrogen-bond donors (Lipinski definition) is 3. The molecule has 27 heavy (non-hydrogen) atoms. The van der Waals surface area contributed by atoms with Crippen molar-refractivity contribution in [3.63, 3.8) is 0 Å². The molecule has 0 unspecified atom stereocenters. The van der Waals surface area contributed by atoms with Gasteiger partial charge in [-0.3, -0.25) is 4.79 Å². The van der Waals surface area contributed by atoms with E-state index in [9.17, 15) is 9.59 Å². The van der Waals surface area contributed by atoms with Gasteiger partial charge in [-0.1, -0.05) is 50.2 Å². The largest absolute Gasteiger partial charge is 0.360 e. The number of benzene rings is 1. The predicted octanol–water partition coefficient (Wildman–Crippen LogP) is 3.15. The van der Waals surface area contributed by atoms with Crippen LogP contribution in [0.5, 0.6) is 0 Å². The van der Waals surface area contributed by atoms with Crippen LogP contribution < -0.4 is 16.0 Å². The Labute approximate surface area is 159 Å². The van der Waals surface area contributed by atoms with Crippen LogP contribution in [-0.2, 0) is 16.6 Å². The Balaban J connectivity index is 1.73. The lowest BCUT2D eigenvalue weighted by atomic mass is 9.86. The van der Waals surface area contributed by atoms with E-state index in [1.54, 1.807) is 19.9 Å². The second-order valence-electron chi connectivity index (χ2n) is 7.63. The summed E-state index contributed by atoms with van der Waals surface area (Å²) in [4.78, 5) is 24.0. The third kappa shape index (κ3) is 6.44. The Hall–Kier alpha value is -2.83. The van der Waals surface area contributed by atoms with Crippen LogP contribution in [-0.4, -0.2) is 29.7 Å². The minimum Gasteiger partial charge on any atom is -0.360 e. The molecule has 7 heteroatoms. The van der Waals surface area contributed by atoms with Crippen LogP contribution in [0, 0.1) is 6.92 Å². The first kappa shape index (κ1) is 20.5. The number of nitrogens with zero attached hydrogens (tertiary/aromatic N) is 1. The van der Waals surface area contributed by atoms with E-state index in [2.05, 4.69) is 66.1 Å². The van der Waals surface area contributed by atoms with Crippen LogP contribution in [0.4, 0.5) is 10.6 Å². The number of carbonyl (C=O) groups is 2. The number of aromatic nitrogens is 1. The topological polar surface area (TPSA) is 96.3 Å². The average molecular weight is 372 g/mol. The Bertz CT molecular complexity index is 775. The van der Waals surface area contributed by atoms with Gasteiger partial charge in [-0.15, -0.1) is 0 Å². The van der Waals surface area contributed by atoms with Crippen molar-refractivity contribution in [2.45, 2.75) is 52.5 Å². The first-order valence-electron chi connectivity index (χ1n) is 9.03. The third-order valence-electron chi connectivity index (χ3n) is 4.14. The van der Waals surface area contributed by atoms with Gasteiger partial charge in [-0.25, -0.2) is 4.79 Å². The molecular formula is C20H28N4O3. The lowest BCUT2D eigenvalue weighted by molar-refractivity contribution is -0.117. The first-order chi connectivity index (χ1) is 12.6. The molecule has 0 aliphatic heterocycles. The van der Waals surface area contributed by atoms with Crippen molar-refractivity contribution in [2.24, 2.45) is 0 Å². The first-order valence-corrected chi connectivity index (χ1v) is 9.03. The van der Waals surface area contributed by atoms with Crippen molar-refractivity contribution >= 4 is 17.8 Å². The summed E-state index contributed by atoms with van der Waals surface area (Å²) in [5, 5.41) is 11.6. The molecular weight excluding hydrogens is 344 g/mol. The molecule has 2 aromatic rings. The molecule has 1 heterocycles. The fourth-order valence-corrected chi connectivity index (χ4v) is 2.46. The van der Waals surface area contributed by atoms with E-state index in [-0.39, 0.29) is 17.4 Å². The zero-order chi connectivity index (χ0) is 20.0. The monoisotopic (exact) mass is 372 g/mol. The maximum absolute atomic E-state index is 12.0. The highest BCUT2D eigenvalue weighted by Gasteiger charge is 2.17. The molecule has 1 aromatic heterocycles. The van der Waals surface area contributed by atoms with Gasteiger partial charge in [-0.2, -0.15) is 0 Å². The van der Waals surface area contributed by atoms with Gasteiger partial charge in [0.15, 0.2) is 5.82 Å². The van der Waals surface area contributed by atoms with Gasteiger partial charge in [0, 0.05) is 12.6 Å². The fraction of sp³-hybridized carbons (Fsp3) is 0.450. The zero-order valence-corrected chi connectivity index (χ0v) is 16.6. The number of amides is 3. The Morgan fingerprint density at radius 3 is 2.41 bits per heavy atom. The number of urea groups is 1. The van der Waals surface area contributed by atoms with Crippen LogP contribution in [0.15, 0.2) is 34.9 Å². The van der Waals surface area contributed by atoms with Gasteiger partial charge < -0.3 is 20.5 Å². The third-order valence-corrected chi connectivity index (χ3v) is 4.14. The van der Waals surface area contributed by atoms with Crippen LogP contribution in [0.3, 0.4) is 0 Å². The van der Waals surface area contributed by atoms with Crippen molar-refractivity contribution < 1.29 is 14.1 Å². The summed E-state index contributed by atoms with van der Waals surface area (Å²) < 4.78 is 4.88. The maximum Gasteiger partial charge on any atom is 0.315 e. The van der Waals surface area contributed by atoms with Crippen molar-refractivity contribution in [3.8, 4) is 0 Å². The summed E-state index contributed by atoms with van der Waals surface area (Å²) in [6.07, 6.45) is 0.719. The molecule has 0 fully saturated rings. The highest BCUT2D eigenvalue weighted by molar-refractivity contribution is 5.95. The van der Waals surface area contributed by atoms with E-state index in [0.717, 1.165) is 12.0 Å². The highest BCUT2D eigenvalue weighted by Crippen LogP contribution is 2.22. The molecule has 3 N–H and O–H groups in total. The van der Waals surface area contributed by atoms with Gasteiger partial charge in [0.1, 0.15) is 11.8 Å². The smallest absolute Gasteiger partial charge is 0.315 e. The van der Waals surface area contributed by atoms with Gasteiger partial charge in [0.05, 0.1) is 0 Å². The van der Waals surface area contributed by atoms with Gasteiger partial charge >= 0.3 is 6.03 Å². The van der Waals surface area contributed by atoms with Crippen molar-refractivity contribution in [2.75, 3.05) is 11.9 Å². The number of hydrogen-bond acceptors (Lipinski definition) is 4. The fourth-order valence-electron chi connectivity index (χ4n) is 2.46. The molecule has 146 valence electrons. The molecule has 0 spiro atoms. The summed E-state index contributed by atoms with van der Waals surface area (Å²) in [7, 11) is 0. The molecule has 0 aliphatic rings. The van der Waals surface area contributed by atoms with Gasteiger partial charge in [-0.05, 0) is 36.8 Å². The van der Waals surface area contributed by atoms with Crippen molar-refractivity contribution in [3.05, 3.63) is 47.2 Å². The van der Waals surface area contributed by atoms with E-state index in [1.807, 2.05) is 0 Å². The number of rotatable bonds is 6. The van der Waals surface area contributed by atoms with Gasteiger partial charge in [0.25, 0.3) is 0 Å². The molecule has 0 saturated heterocycles. The Morgan fingerprint density at radius 2 is 1.85 bits per heavy atom. The summed E-state index contributed by atoms with van der Waals surface area (Å²) in [5.41, 5.74) is 2.55. The van der Waals surface area contributed by atoms with Crippen molar-refractivity contribution in [1.82, 2.24) is 15.8 Å². The second-order valence-corrected chi connectivity index (χ2v) is 7.63. The number of carbonyl (C=O) groups excluding carboxylic acids is 2. The van der Waals surface area contributed by atoms with Gasteiger partial charge in [0.2, 0.25) is 5.91 Å². The molecule has 0 aliphatic carbocycles. The minimum absolute atomic E-state index is 0.123. The molecule has 7 nitrogen and oxygen atoms in total. The SMILES string of the molecule is Cc1cc(NC(=O)[C@H](C)NC(=O)NCCc2ccc(C(C)(C)C)cc2)no1. The summed E-state index contributed by atoms with van der Waals surface area (Å²) in [5.74, 6) is 0.556. The standard InChI is InChI=1S/C20H28N4O3/c1-13-12-17(24-27-13)23-18(25)14(2)22-19(26)21-11-10-15-6-8-16(9-7-15)20(3,4)5/h6-9,12,14H,10-11H2,1-5H3,(H2,21,22,26)(H,23,24,25)/t14-/m0/s1. The van der Waals surface area contributed by atoms with E-state index in [1.165, 1.54) is 5.56 Å². The lowest BCUT2D eigenvalue weighted by Crippen LogP contribution is -2.46. The predicted molar refractivity (Wildman–Crippen MR) is 105 cm³/mol. The molecule has 0 saturated carbocycles. The van der Waals surface area contributed by atoms with E-state index < -0.39 is 6.04 Å². The summed E-state index contributed by atoms with van der Waals surface area (Å²) in [6, 6.07) is 8.91. The number of aryl methyl sites for hydroxylation is 1. The average Bonchev–Trinajstić information content (AvgIpc) is 2.99. The second kappa shape index (κ2) is 8.70. The summed E-state index contributed by atoms with van der Waals surface area (Å²) in [6.45, 7) is 10.3. The molecule has 2 rings (SSSR count). The molecule has 3 amide bonds. The van der Waals surface area contributed by atoms with Crippen LogP contribution in [0.25, 0.3) is 0 Å². The number of nitrogens with one attached hydrogen (secondary N) is 3. The molecule has 1 aromatic carbocycles. The quantitative estimate of drug-likeness (QED) is 0.726. The normalized spacial score (nSPS) is 12.3. The van der Waals surface area contributed by atoms with Crippen molar-refractivity contribution in [1.29, 1.82) is 0 Å². The molecule has 1 atom stereocenters. The Morgan fingerprint density at radius 1 is 1.19 bits per heavy atom. The molecule has 0 bridgehead atoms. The van der Waals surface area contributed by atoms with Crippen LogP contribution in [0.2, 0.25) is 0 Å². The van der Waals surface area contributed by atoms with E-state index in [4.69, 9.17) is 4.52 Å². The Kier molecular flexibility index (Phi) is 6.60. The highest BCUT2D eigenvalue weighted by atomic mass is 16.5. The zero-order valence-electron chi connectivity index (χ0n) is 16.6. The lowest BCUT2D eigenvalue weighted by Gasteiger charge is -2.19. The minimum atomic E-state index is -0.701. The van der Waals surface area contributed by atoms with Crippen LogP contribution >= 0.6 is 0 Å². The van der Waals surface area contributed by atoms with E-state index >= 15 is 0 Å². The maximum atomic E-state index is 12.0. The summed E-state index contributed by atoms with van der Waals surface area (Å²) >= 11 is 0. The van der Waals surface area contributed by atoms with E-state index in [0.29, 0.717) is 18.1 Å².